The van der Waals surface area contributed by atoms with Crippen molar-refractivity contribution in [2.24, 2.45) is 0 Å². The monoisotopic (exact) mass is 564 g/mol. The lowest BCUT2D eigenvalue weighted by molar-refractivity contribution is -0.138. The van der Waals surface area contributed by atoms with Crippen LogP contribution in [0.5, 0.6) is 23.0 Å². The quantitative estimate of drug-likeness (QED) is 0.311. The van der Waals surface area contributed by atoms with E-state index in [1.807, 2.05) is 0 Å². The first kappa shape index (κ1) is 24.9. The Balaban J connectivity index is 1.30. The van der Waals surface area contributed by atoms with Gasteiger partial charge in [0.2, 0.25) is 19.5 Å². The van der Waals surface area contributed by atoms with E-state index in [4.69, 9.17) is 23.4 Å². The van der Waals surface area contributed by atoms with Crippen molar-refractivity contribution in [1.82, 2.24) is 0 Å². The van der Waals surface area contributed by atoms with Crippen molar-refractivity contribution < 1.29 is 46.1 Å². The number of hydrogen-bond acceptors (Lipinski definition) is 7. The van der Waals surface area contributed by atoms with Gasteiger partial charge in [0.25, 0.3) is 5.91 Å². The Morgan fingerprint density at radius 1 is 0.829 bits per heavy atom. The molecule has 1 atom stereocenters. The maximum atomic E-state index is 14.1. The van der Waals surface area contributed by atoms with Crippen LogP contribution in [0.4, 0.5) is 24.5 Å². The van der Waals surface area contributed by atoms with Crippen LogP contribution in [0.3, 0.4) is 0 Å². The lowest BCUT2D eigenvalue weighted by Gasteiger charge is -2.48. The van der Waals surface area contributed by atoms with Gasteiger partial charge in [-0.15, -0.1) is 0 Å². The number of β-lactam (4-membered cyclic amide) rings is 1. The molecule has 7 rings (SSSR count). The van der Waals surface area contributed by atoms with Crippen molar-refractivity contribution in [3.8, 4) is 34.3 Å². The third-order valence-electron chi connectivity index (χ3n) is 7.15. The van der Waals surface area contributed by atoms with E-state index < -0.39 is 23.2 Å². The van der Waals surface area contributed by atoms with E-state index in [1.165, 1.54) is 29.2 Å². The number of halogens is 3. The molecule has 3 aliphatic rings. The Bertz CT molecular complexity index is 1720. The lowest BCUT2D eigenvalue weighted by atomic mass is 9.79. The smallest absolute Gasteiger partial charge is 0.416 e. The topological polar surface area (TPSA) is 99.5 Å². The van der Waals surface area contributed by atoms with Crippen LogP contribution in [0, 0.1) is 0 Å². The highest BCUT2D eigenvalue weighted by atomic mass is 19.4. The number of fused-ring (bicyclic) bond motifs is 2. The first-order valence-electron chi connectivity index (χ1n) is 12.4. The van der Waals surface area contributed by atoms with Crippen LogP contribution in [-0.2, 0) is 21.3 Å². The molecular formula is C29H19F3N2O7. The van der Waals surface area contributed by atoms with E-state index in [0.717, 1.165) is 12.1 Å². The van der Waals surface area contributed by atoms with Gasteiger partial charge in [-0.05, 0) is 48.5 Å². The molecule has 0 saturated carbocycles. The Kier molecular flexibility index (Phi) is 5.43. The molecule has 2 amide bonds. The molecule has 4 aromatic rings. The maximum Gasteiger partial charge on any atom is 0.416 e. The standard InChI is InChI=1S/C29H19F3N2O7/c30-29(31,32)17-3-1-2-16(10-17)20-8-9-25(41-20)28(27(36)33-18-4-6-21-23(11-18)39-14-37-21)13-26(35)34(28)19-5-7-22-24(12-19)40-15-38-22/h1-12H,13-15H2,(H,33,36). The summed E-state index contributed by atoms with van der Waals surface area (Å²) in [5.74, 6) is 1.06. The van der Waals surface area contributed by atoms with Gasteiger partial charge in [-0.2, -0.15) is 13.2 Å². The number of benzene rings is 3. The van der Waals surface area contributed by atoms with E-state index in [9.17, 15) is 22.8 Å². The molecule has 1 aromatic heterocycles. The number of nitrogens with one attached hydrogen (secondary N) is 1. The molecule has 9 nitrogen and oxygen atoms in total. The average molecular weight is 564 g/mol. The Hall–Kier alpha value is -5.13. The van der Waals surface area contributed by atoms with E-state index in [-0.39, 0.29) is 43.0 Å². The van der Waals surface area contributed by atoms with Gasteiger partial charge in [0.1, 0.15) is 11.5 Å². The molecule has 1 N–H and O–H groups in total. The van der Waals surface area contributed by atoms with Crippen LogP contribution in [0.1, 0.15) is 17.7 Å². The highest BCUT2D eigenvalue weighted by Crippen LogP contribution is 2.49. The van der Waals surface area contributed by atoms with Crippen molar-refractivity contribution in [3.63, 3.8) is 0 Å². The zero-order chi connectivity index (χ0) is 28.4. The molecule has 0 bridgehead atoms. The van der Waals surface area contributed by atoms with Gasteiger partial charge < -0.3 is 28.7 Å². The molecular weight excluding hydrogens is 545 g/mol. The van der Waals surface area contributed by atoms with Crippen molar-refractivity contribution >= 4 is 23.2 Å². The molecule has 41 heavy (non-hydrogen) atoms. The van der Waals surface area contributed by atoms with Gasteiger partial charge in [-0.3, -0.25) is 14.5 Å². The summed E-state index contributed by atoms with van der Waals surface area (Å²) in [6.45, 7) is 0.0643. The van der Waals surface area contributed by atoms with Gasteiger partial charge >= 0.3 is 6.18 Å². The van der Waals surface area contributed by atoms with Gasteiger partial charge in [0.05, 0.1) is 12.0 Å². The average Bonchev–Trinajstić information content (AvgIpc) is 3.71. The minimum Gasteiger partial charge on any atom is -0.458 e. The number of furan rings is 1. The Labute approximate surface area is 230 Å². The van der Waals surface area contributed by atoms with Gasteiger partial charge in [-0.1, -0.05) is 12.1 Å². The summed E-state index contributed by atoms with van der Waals surface area (Å²) >= 11 is 0. The molecule has 4 heterocycles. The van der Waals surface area contributed by atoms with E-state index in [0.29, 0.717) is 34.4 Å². The normalized spacial score (nSPS) is 18.8. The van der Waals surface area contributed by atoms with Gasteiger partial charge in [-0.25, -0.2) is 0 Å². The molecule has 12 heteroatoms. The zero-order valence-corrected chi connectivity index (χ0v) is 21.0. The molecule has 3 aliphatic heterocycles. The number of carbonyl (C=O) groups is 2. The fraction of sp³-hybridized carbons (Fsp3) is 0.172. The minimum absolute atomic E-state index is 0.0149. The summed E-state index contributed by atoms with van der Waals surface area (Å²) in [6.07, 6.45) is -4.80. The summed E-state index contributed by atoms with van der Waals surface area (Å²) in [7, 11) is 0. The number of amides is 2. The van der Waals surface area contributed by atoms with Crippen LogP contribution in [0.2, 0.25) is 0 Å². The maximum absolute atomic E-state index is 14.1. The number of nitrogens with zero attached hydrogens (tertiary/aromatic N) is 1. The number of ether oxygens (including phenoxy) is 4. The van der Waals surface area contributed by atoms with Crippen LogP contribution in [0.15, 0.2) is 77.2 Å². The summed E-state index contributed by atoms with van der Waals surface area (Å²) < 4.78 is 67.7. The molecule has 1 unspecified atom stereocenters. The van der Waals surface area contributed by atoms with E-state index in [1.54, 1.807) is 36.4 Å². The van der Waals surface area contributed by atoms with Crippen LogP contribution < -0.4 is 29.2 Å². The first-order chi connectivity index (χ1) is 19.7. The predicted molar refractivity (Wildman–Crippen MR) is 137 cm³/mol. The molecule has 0 aliphatic carbocycles. The number of anilines is 2. The second-order valence-electron chi connectivity index (χ2n) is 9.57. The lowest BCUT2D eigenvalue weighted by Crippen LogP contribution is -2.67. The van der Waals surface area contributed by atoms with Crippen LogP contribution >= 0.6 is 0 Å². The third-order valence-corrected chi connectivity index (χ3v) is 7.15. The van der Waals surface area contributed by atoms with E-state index >= 15 is 0 Å². The minimum atomic E-state index is -4.55. The summed E-state index contributed by atoms with van der Waals surface area (Å²) in [5, 5.41) is 2.83. The fourth-order valence-corrected chi connectivity index (χ4v) is 5.15. The number of hydrogen-bond donors (Lipinski definition) is 1. The SMILES string of the molecule is O=C1CC(C(=O)Nc2ccc3c(c2)OCO3)(c2ccc(-c3cccc(C(F)(F)F)c3)o2)N1c1ccc2c(c1)OCO2. The number of rotatable bonds is 5. The van der Waals surface area contributed by atoms with Crippen LogP contribution in [-0.4, -0.2) is 25.4 Å². The largest absolute Gasteiger partial charge is 0.458 e. The fourth-order valence-electron chi connectivity index (χ4n) is 5.15. The van der Waals surface area contributed by atoms with Gasteiger partial charge in [0.15, 0.2) is 28.5 Å². The Morgan fingerprint density at radius 2 is 1.54 bits per heavy atom. The van der Waals surface area contributed by atoms with Gasteiger partial charge in [0, 0.05) is 29.1 Å². The molecule has 1 saturated heterocycles. The Morgan fingerprint density at radius 3 is 2.27 bits per heavy atom. The second-order valence-corrected chi connectivity index (χ2v) is 9.57. The second kappa shape index (κ2) is 8.95. The van der Waals surface area contributed by atoms with Crippen molar-refractivity contribution in [1.29, 1.82) is 0 Å². The molecule has 0 radical (unpaired) electrons. The van der Waals surface area contributed by atoms with Crippen molar-refractivity contribution in [3.05, 3.63) is 84.1 Å². The molecule has 1 fully saturated rings. The summed E-state index contributed by atoms with van der Waals surface area (Å²) in [5.41, 5.74) is -1.61. The van der Waals surface area contributed by atoms with Crippen LogP contribution in [0.25, 0.3) is 11.3 Å². The highest BCUT2D eigenvalue weighted by Gasteiger charge is 2.61. The third kappa shape index (κ3) is 4.01. The molecule has 0 spiro atoms. The highest BCUT2D eigenvalue weighted by molar-refractivity contribution is 6.16. The van der Waals surface area contributed by atoms with Crippen molar-refractivity contribution in [2.75, 3.05) is 23.8 Å². The zero-order valence-electron chi connectivity index (χ0n) is 21.0. The molecule has 208 valence electrons. The number of alkyl halides is 3. The first-order valence-corrected chi connectivity index (χ1v) is 12.4. The summed E-state index contributed by atoms with van der Waals surface area (Å²) in [6, 6.07) is 17.3. The predicted octanol–water partition coefficient (Wildman–Crippen LogP) is 5.69. The summed E-state index contributed by atoms with van der Waals surface area (Å²) in [4.78, 5) is 28.5. The number of carbonyl (C=O) groups excluding carboxylic acids is 2. The van der Waals surface area contributed by atoms with Crippen molar-refractivity contribution in [2.45, 2.75) is 18.1 Å². The van der Waals surface area contributed by atoms with E-state index in [2.05, 4.69) is 5.32 Å². The molecule has 3 aromatic carbocycles.